The third-order valence-corrected chi connectivity index (χ3v) is 6.39. The number of nitrogens with zero attached hydrogens (tertiary/aromatic N) is 2. The Balaban J connectivity index is 1.59. The maximum absolute atomic E-state index is 12.6. The van der Waals surface area contributed by atoms with E-state index in [0.29, 0.717) is 66.4 Å². The molecule has 0 aliphatic carbocycles. The minimum absolute atomic E-state index is 0.130. The lowest BCUT2D eigenvalue weighted by Crippen LogP contribution is -2.37. The number of hydrogen-bond donors (Lipinski definition) is 1. The van der Waals surface area contributed by atoms with E-state index in [1.165, 1.54) is 25.0 Å². The Morgan fingerprint density at radius 2 is 1.78 bits per heavy atom. The van der Waals surface area contributed by atoms with Crippen LogP contribution in [-0.4, -0.2) is 50.4 Å². The number of benzene rings is 3. The highest BCUT2D eigenvalue weighted by molar-refractivity contribution is 6.32. The van der Waals surface area contributed by atoms with Gasteiger partial charge in [-0.1, -0.05) is 41.9 Å². The van der Waals surface area contributed by atoms with Crippen LogP contribution in [-0.2, 0) is 22.7 Å². The molecule has 9 heteroatoms. The van der Waals surface area contributed by atoms with Crippen molar-refractivity contribution in [1.29, 1.82) is 0 Å². The number of carboxylic acid groups (broad SMARTS) is 1. The fraction of sp³-hybridized carbons (Fsp3) is 0.286. The van der Waals surface area contributed by atoms with E-state index in [-0.39, 0.29) is 18.0 Å². The third kappa shape index (κ3) is 6.34. The lowest BCUT2D eigenvalue weighted by Gasteiger charge is -2.31. The fourth-order valence-corrected chi connectivity index (χ4v) is 4.53. The number of amides is 1. The SMILES string of the molecule is COc1cc(CN(C(C)=O)c2ccc(N3CCOCC3)c(C(=O)O)c2)cc(Cl)c1OCc1ccccc1. The largest absolute Gasteiger partial charge is 0.493 e. The van der Waals surface area contributed by atoms with E-state index in [1.54, 1.807) is 24.3 Å². The molecule has 8 nitrogen and oxygen atoms in total. The molecular weight excluding hydrogens is 496 g/mol. The van der Waals surface area contributed by atoms with E-state index in [9.17, 15) is 14.7 Å². The fourth-order valence-electron chi connectivity index (χ4n) is 4.24. The molecule has 0 atom stereocenters. The first-order valence-electron chi connectivity index (χ1n) is 11.9. The maximum Gasteiger partial charge on any atom is 0.337 e. The summed E-state index contributed by atoms with van der Waals surface area (Å²) in [5, 5.41) is 10.2. The molecule has 1 aliphatic heterocycles. The summed E-state index contributed by atoms with van der Waals surface area (Å²) >= 11 is 6.56. The first-order chi connectivity index (χ1) is 17.9. The van der Waals surface area contributed by atoms with E-state index in [2.05, 4.69) is 0 Å². The average molecular weight is 525 g/mol. The Hall–Kier alpha value is -3.75. The summed E-state index contributed by atoms with van der Waals surface area (Å²) in [7, 11) is 1.52. The lowest BCUT2D eigenvalue weighted by molar-refractivity contribution is -0.116. The molecule has 1 N–H and O–H groups in total. The van der Waals surface area contributed by atoms with Crippen LogP contribution < -0.4 is 19.3 Å². The molecule has 4 rings (SSSR count). The second kappa shape index (κ2) is 12.0. The zero-order valence-electron chi connectivity index (χ0n) is 20.8. The Morgan fingerprint density at radius 1 is 1.05 bits per heavy atom. The molecule has 0 spiro atoms. The molecule has 0 radical (unpaired) electrons. The summed E-state index contributed by atoms with van der Waals surface area (Å²) in [6.07, 6.45) is 0. The third-order valence-electron chi connectivity index (χ3n) is 6.11. The molecule has 3 aromatic rings. The topological polar surface area (TPSA) is 88.5 Å². The van der Waals surface area contributed by atoms with Crippen LogP contribution in [0, 0.1) is 0 Å². The summed E-state index contributed by atoms with van der Waals surface area (Å²) < 4.78 is 16.8. The zero-order chi connectivity index (χ0) is 26.4. The maximum atomic E-state index is 12.6. The highest BCUT2D eigenvalue weighted by Gasteiger charge is 2.22. The molecule has 1 saturated heterocycles. The lowest BCUT2D eigenvalue weighted by atomic mass is 10.1. The molecule has 37 heavy (non-hydrogen) atoms. The summed E-state index contributed by atoms with van der Waals surface area (Å²) in [5.41, 5.74) is 2.90. The van der Waals surface area contributed by atoms with E-state index in [1.807, 2.05) is 35.2 Å². The number of aromatic carboxylic acids is 1. The van der Waals surface area contributed by atoms with Crippen LogP contribution in [0.1, 0.15) is 28.4 Å². The van der Waals surface area contributed by atoms with Gasteiger partial charge in [-0.05, 0) is 41.5 Å². The molecule has 3 aromatic carbocycles. The quantitative estimate of drug-likeness (QED) is 0.420. The number of carboxylic acids is 1. The van der Waals surface area contributed by atoms with Gasteiger partial charge in [-0.15, -0.1) is 0 Å². The van der Waals surface area contributed by atoms with Crippen LogP contribution in [0.4, 0.5) is 11.4 Å². The predicted octanol–water partition coefficient (Wildman–Crippen LogP) is 5.02. The minimum Gasteiger partial charge on any atom is -0.493 e. The van der Waals surface area contributed by atoms with Crippen LogP contribution in [0.5, 0.6) is 11.5 Å². The van der Waals surface area contributed by atoms with Crippen molar-refractivity contribution in [1.82, 2.24) is 0 Å². The first-order valence-corrected chi connectivity index (χ1v) is 12.3. The van der Waals surface area contributed by atoms with E-state index in [4.69, 9.17) is 25.8 Å². The first kappa shape index (κ1) is 26.3. The number of carbonyl (C=O) groups excluding carboxylic acids is 1. The van der Waals surface area contributed by atoms with Crippen LogP contribution in [0.15, 0.2) is 60.7 Å². The van der Waals surface area contributed by atoms with Gasteiger partial charge in [-0.2, -0.15) is 0 Å². The van der Waals surface area contributed by atoms with Crippen molar-refractivity contribution in [2.75, 3.05) is 43.2 Å². The molecule has 194 valence electrons. The second-order valence-electron chi connectivity index (χ2n) is 8.59. The predicted molar refractivity (Wildman–Crippen MR) is 142 cm³/mol. The number of rotatable bonds is 9. The van der Waals surface area contributed by atoms with Gasteiger partial charge in [0.25, 0.3) is 0 Å². The number of carbonyl (C=O) groups is 2. The van der Waals surface area contributed by atoms with E-state index >= 15 is 0 Å². The van der Waals surface area contributed by atoms with Gasteiger partial charge in [0.15, 0.2) is 11.5 Å². The van der Waals surface area contributed by atoms with Crippen molar-refractivity contribution >= 4 is 34.9 Å². The smallest absolute Gasteiger partial charge is 0.337 e. The number of morpholine rings is 1. The van der Waals surface area contributed by atoms with Gasteiger partial charge in [0.1, 0.15) is 6.61 Å². The van der Waals surface area contributed by atoms with Gasteiger partial charge in [-0.3, -0.25) is 4.79 Å². The Labute approximate surface area is 220 Å². The van der Waals surface area contributed by atoms with Crippen LogP contribution in [0.3, 0.4) is 0 Å². The van der Waals surface area contributed by atoms with Gasteiger partial charge in [-0.25, -0.2) is 4.79 Å². The molecule has 1 heterocycles. The second-order valence-corrected chi connectivity index (χ2v) is 9.00. The van der Waals surface area contributed by atoms with Crippen LogP contribution >= 0.6 is 11.6 Å². The Kier molecular flexibility index (Phi) is 8.53. The summed E-state index contributed by atoms with van der Waals surface area (Å²) in [6.45, 7) is 4.21. The van der Waals surface area contributed by atoms with Crippen molar-refractivity contribution in [3.63, 3.8) is 0 Å². The van der Waals surface area contributed by atoms with Gasteiger partial charge in [0.05, 0.1) is 43.1 Å². The van der Waals surface area contributed by atoms with Crippen molar-refractivity contribution in [2.45, 2.75) is 20.1 Å². The van der Waals surface area contributed by atoms with Crippen LogP contribution in [0.25, 0.3) is 0 Å². The van der Waals surface area contributed by atoms with Crippen molar-refractivity contribution in [2.24, 2.45) is 0 Å². The summed E-state index contributed by atoms with van der Waals surface area (Å²) in [6, 6.07) is 18.2. The Morgan fingerprint density at radius 3 is 2.43 bits per heavy atom. The van der Waals surface area contributed by atoms with Gasteiger partial charge >= 0.3 is 5.97 Å². The highest BCUT2D eigenvalue weighted by Crippen LogP contribution is 2.38. The number of anilines is 2. The highest BCUT2D eigenvalue weighted by atomic mass is 35.5. The van der Waals surface area contributed by atoms with Gasteiger partial charge < -0.3 is 29.1 Å². The molecule has 0 aromatic heterocycles. The summed E-state index contributed by atoms with van der Waals surface area (Å²) in [5.74, 6) is -0.448. The molecule has 0 bridgehead atoms. The minimum atomic E-state index is -1.06. The molecule has 1 aliphatic rings. The molecule has 1 amide bonds. The zero-order valence-corrected chi connectivity index (χ0v) is 21.5. The number of methoxy groups -OCH3 is 1. The molecular formula is C28H29ClN2O6. The average Bonchev–Trinajstić information content (AvgIpc) is 2.91. The van der Waals surface area contributed by atoms with Gasteiger partial charge in [0, 0.05) is 25.7 Å². The number of halogens is 1. The number of ether oxygens (including phenoxy) is 3. The molecule has 1 fully saturated rings. The monoisotopic (exact) mass is 524 g/mol. The van der Waals surface area contributed by atoms with Gasteiger partial charge in [0.2, 0.25) is 5.91 Å². The standard InChI is InChI=1S/C28H29ClN2O6/c1-19(32)31(22-8-9-25(23(16-22)28(33)34)30-10-12-36-13-11-30)17-21-14-24(29)27(26(15-21)35-2)37-18-20-6-4-3-5-7-20/h3-9,14-16H,10-13,17-18H2,1-2H3,(H,33,34). The van der Waals surface area contributed by atoms with E-state index in [0.717, 1.165) is 5.56 Å². The summed E-state index contributed by atoms with van der Waals surface area (Å²) in [4.78, 5) is 28.2. The Bertz CT molecular complexity index is 1260. The van der Waals surface area contributed by atoms with Crippen LogP contribution in [0.2, 0.25) is 5.02 Å². The molecule has 0 saturated carbocycles. The normalized spacial score (nSPS) is 13.2. The van der Waals surface area contributed by atoms with Crippen molar-refractivity contribution < 1.29 is 28.9 Å². The number of hydrogen-bond acceptors (Lipinski definition) is 6. The molecule has 0 unspecified atom stereocenters. The van der Waals surface area contributed by atoms with Crippen molar-refractivity contribution in [3.05, 3.63) is 82.4 Å². The van der Waals surface area contributed by atoms with Crippen molar-refractivity contribution in [3.8, 4) is 11.5 Å². The van der Waals surface area contributed by atoms with E-state index < -0.39 is 5.97 Å².